The fourth-order valence-electron chi connectivity index (χ4n) is 1.43. The molecule has 1 saturated heterocycles. The van der Waals surface area contributed by atoms with Gasteiger partial charge >= 0.3 is 0 Å². The lowest BCUT2D eigenvalue weighted by Crippen LogP contribution is -2.47. The van der Waals surface area contributed by atoms with E-state index in [4.69, 9.17) is 11.6 Å². The number of nitrogens with zero attached hydrogens (tertiary/aromatic N) is 2. The first kappa shape index (κ1) is 10.8. The van der Waals surface area contributed by atoms with Gasteiger partial charge in [-0.15, -0.1) is 0 Å². The van der Waals surface area contributed by atoms with Crippen molar-refractivity contribution in [2.24, 2.45) is 0 Å². The van der Waals surface area contributed by atoms with E-state index in [-0.39, 0.29) is 17.1 Å². The highest BCUT2D eigenvalue weighted by atomic mass is 35.5. The summed E-state index contributed by atoms with van der Waals surface area (Å²) in [4.78, 5) is 30.0. The number of anilines is 1. The number of hydrogen-bond donors (Lipinski definition) is 2. The van der Waals surface area contributed by atoms with Crippen LogP contribution in [-0.4, -0.2) is 27.8 Å². The van der Waals surface area contributed by atoms with E-state index in [0.29, 0.717) is 18.7 Å². The SMILES string of the molecule is O=C1CCC(Nc2ccnc(Cl)n2)C(=O)N1. The Morgan fingerprint density at radius 2 is 2.31 bits per heavy atom. The molecule has 2 amide bonds. The van der Waals surface area contributed by atoms with Crippen molar-refractivity contribution in [2.45, 2.75) is 18.9 Å². The zero-order valence-electron chi connectivity index (χ0n) is 8.24. The Labute approximate surface area is 96.4 Å². The Morgan fingerprint density at radius 3 is 3.00 bits per heavy atom. The van der Waals surface area contributed by atoms with E-state index in [1.54, 1.807) is 6.07 Å². The Hall–Kier alpha value is -1.69. The molecule has 2 N–H and O–H groups in total. The van der Waals surface area contributed by atoms with Crippen LogP contribution >= 0.6 is 11.6 Å². The minimum atomic E-state index is -0.455. The number of carbonyl (C=O) groups is 2. The molecule has 1 fully saturated rings. The summed E-state index contributed by atoms with van der Waals surface area (Å²) >= 11 is 5.61. The maximum atomic E-state index is 11.4. The Kier molecular flexibility index (Phi) is 3.00. The molecule has 0 aromatic carbocycles. The Bertz CT molecular complexity index is 437. The molecule has 1 aliphatic heterocycles. The molecule has 0 radical (unpaired) electrons. The third kappa shape index (κ3) is 2.46. The zero-order chi connectivity index (χ0) is 11.5. The second-order valence-corrected chi connectivity index (χ2v) is 3.70. The Morgan fingerprint density at radius 1 is 1.50 bits per heavy atom. The van der Waals surface area contributed by atoms with E-state index in [0.717, 1.165) is 0 Å². The average molecular weight is 241 g/mol. The molecule has 1 aromatic rings. The highest BCUT2D eigenvalue weighted by molar-refractivity contribution is 6.28. The molecule has 0 spiro atoms. The standard InChI is InChI=1S/C9H9ClN4O2/c10-9-11-4-3-6(13-9)12-5-1-2-7(15)14-8(5)16/h3-5H,1-2H2,(H,11,12,13)(H,14,15,16). The van der Waals surface area contributed by atoms with Crippen molar-refractivity contribution in [1.29, 1.82) is 0 Å². The van der Waals surface area contributed by atoms with Gasteiger partial charge in [-0.2, -0.15) is 0 Å². The van der Waals surface area contributed by atoms with Gasteiger partial charge in [-0.05, 0) is 24.1 Å². The summed E-state index contributed by atoms with van der Waals surface area (Å²) < 4.78 is 0. The fourth-order valence-corrected chi connectivity index (χ4v) is 1.57. The van der Waals surface area contributed by atoms with Crippen LogP contribution in [0.4, 0.5) is 5.82 Å². The molecule has 6 nitrogen and oxygen atoms in total. The average Bonchev–Trinajstić information content (AvgIpc) is 2.22. The van der Waals surface area contributed by atoms with E-state index in [2.05, 4.69) is 20.6 Å². The number of rotatable bonds is 2. The monoisotopic (exact) mass is 240 g/mol. The summed E-state index contributed by atoms with van der Waals surface area (Å²) in [6, 6.07) is 1.15. The first-order valence-corrected chi connectivity index (χ1v) is 5.12. The lowest BCUT2D eigenvalue weighted by molar-refractivity contribution is -0.133. The van der Waals surface area contributed by atoms with Crippen molar-refractivity contribution < 1.29 is 9.59 Å². The molecule has 1 atom stereocenters. The lowest BCUT2D eigenvalue weighted by atomic mass is 10.1. The van der Waals surface area contributed by atoms with E-state index in [1.165, 1.54) is 6.20 Å². The van der Waals surface area contributed by atoms with Gasteiger partial charge in [0.2, 0.25) is 17.1 Å². The summed E-state index contributed by atoms with van der Waals surface area (Å²) in [5.41, 5.74) is 0. The first-order valence-electron chi connectivity index (χ1n) is 4.74. The summed E-state index contributed by atoms with van der Waals surface area (Å²) in [6.45, 7) is 0. The topological polar surface area (TPSA) is 84.0 Å². The zero-order valence-corrected chi connectivity index (χ0v) is 8.99. The van der Waals surface area contributed by atoms with Crippen molar-refractivity contribution in [3.05, 3.63) is 17.5 Å². The third-order valence-electron chi connectivity index (χ3n) is 2.19. The van der Waals surface area contributed by atoms with Gasteiger partial charge in [0.1, 0.15) is 11.9 Å². The van der Waals surface area contributed by atoms with Gasteiger partial charge < -0.3 is 5.32 Å². The number of halogens is 1. The van der Waals surface area contributed by atoms with Crippen LogP contribution in [0.15, 0.2) is 12.3 Å². The van der Waals surface area contributed by atoms with Crippen molar-refractivity contribution in [3.8, 4) is 0 Å². The van der Waals surface area contributed by atoms with Crippen molar-refractivity contribution >= 4 is 29.2 Å². The molecule has 2 rings (SSSR count). The smallest absolute Gasteiger partial charge is 0.249 e. The molecule has 1 aromatic heterocycles. The number of hydrogen-bond acceptors (Lipinski definition) is 5. The lowest BCUT2D eigenvalue weighted by Gasteiger charge is -2.22. The van der Waals surface area contributed by atoms with E-state index in [1.807, 2.05) is 0 Å². The van der Waals surface area contributed by atoms with Crippen LogP contribution in [-0.2, 0) is 9.59 Å². The van der Waals surface area contributed by atoms with Crippen LogP contribution in [0.5, 0.6) is 0 Å². The first-order chi connectivity index (χ1) is 7.65. The van der Waals surface area contributed by atoms with Crippen LogP contribution < -0.4 is 10.6 Å². The van der Waals surface area contributed by atoms with Crippen LogP contribution in [0, 0.1) is 0 Å². The second-order valence-electron chi connectivity index (χ2n) is 3.36. The molecular formula is C9H9ClN4O2. The van der Waals surface area contributed by atoms with E-state index in [9.17, 15) is 9.59 Å². The number of aromatic nitrogens is 2. The van der Waals surface area contributed by atoms with Gasteiger partial charge in [-0.25, -0.2) is 9.97 Å². The molecule has 2 heterocycles. The van der Waals surface area contributed by atoms with Crippen molar-refractivity contribution in [1.82, 2.24) is 15.3 Å². The normalized spacial score (nSPS) is 20.4. The molecule has 0 bridgehead atoms. The van der Waals surface area contributed by atoms with Crippen LogP contribution in [0.25, 0.3) is 0 Å². The van der Waals surface area contributed by atoms with Gasteiger partial charge in [0, 0.05) is 12.6 Å². The number of amides is 2. The number of piperidine rings is 1. The molecule has 0 saturated carbocycles. The molecule has 0 aliphatic carbocycles. The van der Waals surface area contributed by atoms with Crippen molar-refractivity contribution in [2.75, 3.05) is 5.32 Å². The highest BCUT2D eigenvalue weighted by Crippen LogP contribution is 2.12. The maximum Gasteiger partial charge on any atom is 0.249 e. The summed E-state index contributed by atoms with van der Waals surface area (Å²) in [7, 11) is 0. The molecule has 1 aliphatic rings. The highest BCUT2D eigenvalue weighted by Gasteiger charge is 2.26. The Balaban J connectivity index is 2.05. The quantitative estimate of drug-likeness (QED) is 0.576. The van der Waals surface area contributed by atoms with E-state index < -0.39 is 6.04 Å². The molecule has 1 unspecified atom stereocenters. The number of imide groups is 1. The van der Waals surface area contributed by atoms with Crippen LogP contribution in [0.2, 0.25) is 5.28 Å². The largest absolute Gasteiger partial charge is 0.358 e. The van der Waals surface area contributed by atoms with Gasteiger partial charge in [-0.1, -0.05) is 0 Å². The van der Waals surface area contributed by atoms with Gasteiger partial charge in [0.15, 0.2) is 0 Å². The summed E-state index contributed by atoms with van der Waals surface area (Å²) in [6.07, 6.45) is 2.26. The van der Waals surface area contributed by atoms with Crippen LogP contribution in [0.3, 0.4) is 0 Å². The predicted octanol–water partition coefficient (Wildman–Crippen LogP) is 0.347. The van der Waals surface area contributed by atoms with E-state index >= 15 is 0 Å². The number of nitrogens with one attached hydrogen (secondary N) is 2. The maximum absolute atomic E-state index is 11.4. The molecular weight excluding hydrogens is 232 g/mol. The number of carbonyl (C=O) groups excluding carboxylic acids is 2. The van der Waals surface area contributed by atoms with Gasteiger partial charge in [0.05, 0.1) is 0 Å². The minimum Gasteiger partial charge on any atom is -0.358 e. The van der Waals surface area contributed by atoms with Gasteiger partial charge in [-0.3, -0.25) is 14.9 Å². The second kappa shape index (κ2) is 4.44. The fraction of sp³-hybridized carbons (Fsp3) is 0.333. The third-order valence-corrected chi connectivity index (χ3v) is 2.37. The van der Waals surface area contributed by atoms with Crippen molar-refractivity contribution in [3.63, 3.8) is 0 Å². The molecule has 16 heavy (non-hydrogen) atoms. The predicted molar refractivity (Wildman–Crippen MR) is 56.8 cm³/mol. The van der Waals surface area contributed by atoms with Crippen LogP contribution in [0.1, 0.15) is 12.8 Å². The molecule has 7 heteroatoms. The van der Waals surface area contributed by atoms with Gasteiger partial charge in [0.25, 0.3) is 0 Å². The minimum absolute atomic E-state index is 0.109. The molecule has 84 valence electrons. The summed E-state index contributed by atoms with van der Waals surface area (Å²) in [5.74, 6) is -0.121. The summed E-state index contributed by atoms with van der Waals surface area (Å²) in [5, 5.41) is 5.25.